The number of anilines is 1. The highest BCUT2D eigenvalue weighted by atomic mass is 35.5. The zero-order chi connectivity index (χ0) is 14.3. The topological polar surface area (TPSA) is 76.4 Å². The molecule has 0 atom stereocenters. The van der Waals surface area contributed by atoms with E-state index in [1.807, 2.05) is 0 Å². The van der Waals surface area contributed by atoms with E-state index >= 15 is 0 Å². The van der Waals surface area contributed by atoms with Crippen molar-refractivity contribution >= 4 is 44.3 Å². The minimum atomic E-state index is -3.67. The lowest BCUT2D eigenvalue weighted by atomic mass is 10.4. The van der Waals surface area contributed by atoms with Crippen molar-refractivity contribution in [3.63, 3.8) is 0 Å². The van der Waals surface area contributed by atoms with E-state index in [1.54, 1.807) is 31.3 Å². The molecule has 104 valence electrons. The van der Waals surface area contributed by atoms with E-state index in [0.29, 0.717) is 21.5 Å². The number of pyridine rings is 1. The van der Waals surface area contributed by atoms with Gasteiger partial charge in [0, 0.05) is 6.20 Å². The van der Waals surface area contributed by atoms with E-state index in [1.165, 1.54) is 10.6 Å². The molecule has 0 unspecified atom stereocenters. The Bertz CT molecular complexity index is 885. The van der Waals surface area contributed by atoms with E-state index in [0.717, 1.165) is 11.3 Å². The van der Waals surface area contributed by atoms with Crippen LogP contribution in [-0.2, 0) is 10.0 Å². The number of sulfonamides is 1. The van der Waals surface area contributed by atoms with Crippen molar-refractivity contribution in [1.29, 1.82) is 0 Å². The van der Waals surface area contributed by atoms with Crippen molar-refractivity contribution < 1.29 is 8.42 Å². The highest BCUT2D eigenvalue weighted by Gasteiger charge is 2.18. The highest BCUT2D eigenvalue weighted by Crippen LogP contribution is 2.28. The zero-order valence-corrected chi connectivity index (χ0v) is 12.6. The first-order chi connectivity index (χ1) is 9.45. The van der Waals surface area contributed by atoms with Gasteiger partial charge in [-0.05, 0) is 31.2 Å². The van der Waals surface area contributed by atoms with Crippen molar-refractivity contribution in [2.75, 3.05) is 4.72 Å². The lowest BCUT2D eigenvalue weighted by Crippen LogP contribution is -2.12. The molecule has 0 fully saturated rings. The molecule has 3 heterocycles. The van der Waals surface area contributed by atoms with E-state index < -0.39 is 10.0 Å². The van der Waals surface area contributed by atoms with Gasteiger partial charge in [-0.15, -0.1) is 11.3 Å². The molecule has 3 aromatic heterocycles. The molecule has 0 bridgehead atoms. The first-order valence-corrected chi connectivity index (χ1v) is 8.24. The molecule has 0 amide bonds. The lowest BCUT2D eigenvalue weighted by Gasteiger charge is -2.06. The maximum absolute atomic E-state index is 12.2. The van der Waals surface area contributed by atoms with Gasteiger partial charge in [0.2, 0.25) is 0 Å². The minimum absolute atomic E-state index is 0.153. The molecule has 20 heavy (non-hydrogen) atoms. The van der Waals surface area contributed by atoms with Gasteiger partial charge in [0.15, 0.2) is 5.65 Å². The molecule has 0 aliphatic heterocycles. The SMILES string of the molecule is Cc1nc2c(NS(=O)(=O)c3ccc(Cl)s3)cccn2n1. The van der Waals surface area contributed by atoms with E-state index in [2.05, 4.69) is 14.8 Å². The summed E-state index contributed by atoms with van der Waals surface area (Å²) in [6.07, 6.45) is 1.70. The van der Waals surface area contributed by atoms with Crippen LogP contribution in [0.25, 0.3) is 5.65 Å². The monoisotopic (exact) mass is 328 g/mol. The van der Waals surface area contributed by atoms with Crippen LogP contribution in [0.4, 0.5) is 5.69 Å². The molecular formula is C11H9ClN4O2S2. The number of nitrogens with zero attached hydrogens (tertiary/aromatic N) is 3. The maximum Gasteiger partial charge on any atom is 0.271 e. The van der Waals surface area contributed by atoms with Crippen molar-refractivity contribution in [3.05, 3.63) is 40.6 Å². The quantitative estimate of drug-likeness (QED) is 0.801. The summed E-state index contributed by atoms with van der Waals surface area (Å²) in [7, 11) is -3.67. The van der Waals surface area contributed by atoms with Gasteiger partial charge in [-0.2, -0.15) is 5.10 Å². The smallest absolute Gasteiger partial charge is 0.271 e. The number of rotatable bonds is 3. The molecule has 9 heteroatoms. The number of aryl methyl sites for hydroxylation is 1. The normalized spacial score (nSPS) is 11.9. The van der Waals surface area contributed by atoms with Gasteiger partial charge in [0.1, 0.15) is 10.0 Å². The van der Waals surface area contributed by atoms with Crippen LogP contribution in [-0.4, -0.2) is 23.0 Å². The van der Waals surface area contributed by atoms with Crippen molar-refractivity contribution in [3.8, 4) is 0 Å². The molecule has 6 nitrogen and oxygen atoms in total. The second kappa shape index (κ2) is 4.72. The number of nitrogens with one attached hydrogen (secondary N) is 1. The van der Waals surface area contributed by atoms with Crippen LogP contribution in [0, 0.1) is 6.92 Å². The van der Waals surface area contributed by atoms with Crippen LogP contribution in [0.2, 0.25) is 4.34 Å². The average molecular weight is 329 g/mol. The summed E-state index contributed by atoms with van der Waals surface area (Å²) in [5, 5.41) is 4.13. The van der Waals surface area contributed by atoms with Crippen molar-refractivity contribution in [2.24, 2.45) is 0 Å². The fourth-order valence-electron chi connectivity index (χ4n) is 1.73. The molecule has 0 spiro atoms. The van der Waals surface area contributed by atoms with Gasteiger partial charge in [-0.1, -0.05) is 11.6 Å². The van der Waals surface area contributed by atoms with Gasteiger partial charge >= 0.3 is 0 Å². The molecule has 0 radical (unpaired) electrons. The number of fused-ring (bicyclic) bond motifs is 1. The summed E-state index contributed by atoms with van der Waals surface area (Å²) in [4.78, 5) is 4.20. The Hall–Kier alpha value is -1.64. The maximum atomic E-state index is 12.2. The Morgan fingerprint density at radius 1 is 1.35 bits per heavy atom. The van der Waals surface area contributed by atoms with Crippen molar-refractivity contribution in [1.82, 2.24) is 14.6 Å². The molecule has 1 N–H and O–H groups in total. The fraction of sp³-hybridized carbons (Fsp3) is 0.0909. The summed E-state index contributed by atoms with van der Waals surface area (Å²) in [6, 6.07) is 6.34. The van der Waals surface area contributed by atoms with Gasteiger partial charge in [-0.25, -0.2) is 17.9 Å². The van der Waals surface area contributed by atoms with Crippen molar-refractivity contribution in [2.45, 2.75) is 11.1 Å². The van der Waals surface area contributed by atoms with Gasteiger partial charge in [-0.3, -0.25) is 4.72 Å². The second-order valence-corrected chi connectivity index (χ2v) is 7.64. The number of aromatic nitrogens is 3. The van der Waals surface area contributed by atoms with Crippen LogP contribution in [0.5, 0.6) is 0 Å². The number of hydrogen-bond acceptors (Lipinski definition) is 5. The van der Waals surface area contributed by atoms with Crippen LogP contribution < -0.4 is 4.72 Å². The highest BCUT2D eigenvalue weighted by molar-refractivity contribution is 7.94. The minimum Gasteiger partial charge on any atom is -0.275 e. The molecule has 0 aromatic carbocycles. The third-order valence-electron chi connectivity index (χ3n) is 2.53. The van der Waals surface area contributed by atoms with Crippen LogP contribution >= 0.6 is 22.9 Å². The predicted molar refractivity (Wildman–Crippen MR) is 77.9 cm³/mol. The second-order valence-electron chi connectivity index (χ2n) is 4.01. The fourth-order valence-corrected chi connectivity index (χ4v) is 4.27. The third-order valence-corrected chi connectivity index (χ3v) is 5.61. The summed E-state index contributed by atoms with van der Waals surface area (Å²) in [5.74, 6) is 0.566. The molecule has 3 rings (SSSR count). The van der Waals surface area contributed by atoms with E-state index in [9.17, 15) is 8.42 Å². The van der Waals surface area contributed by atoms with Gasteiger partial charge < -0.3 is 0 Å². The Kier molecular flexibility index (Phi) is 3.15. The first-order valence-electron chi connectivity index (χ1n) is 5.56. The first kappa shape index (κ1) is 13.3. The number of hydrogen-bond donors (Lipinski definition) is 1. The Balaban J connectivity index is 2.05. The van der Waals surface area contributed by atoms with Crippen LogP contribution in [0.15, 0.2) is 34.7 Å². The summed E-state index contributed by atoms with van der Waals surface area (Å²) < 4.78 is 29.1. The molecule has 3 aromatic rings. The third kappa shape index (κ3) is 2.37. The van der Waals surface area contributed by atoms with E-state index in [-0.39, 0.29) is 4.21 Å². The number of thiophene rings is 1. The number of halogens is 1. The van der Waals surface area contributed by atoms with Gasteiger partial charge in [0.05, 0.1) is 10.0 Å². The summed E-state index contributed by atoms with van der Waals surface area (Å²) >= 11 is 6.76. The van der Waals surface area contributed by atoms with Crippen LogP contribution in [0.3, 0.4) is 0 Å². The molecule has 0 saturated heterocycles. The molecule has 0 aliphatic carbocycles. The zero-order valence-electron chi connectivity index (χ0n) is 10.2. The Morgan fingerprint density at radius 2 is 2.15 bits per heavy atom. The van der Waals surface area contributed by atoms with Gasteiger partial charge in [0.25, 0.3) is 10.0 Å². The standard InChI is InChI=1S/C11H9ClN4O2S2/c1-7-13-11-8(3-2-6-16(11)14-7)15-20(17,18)10-5-4-9(12)19-10/h2-6,15H,1H3. The molecule has 0 saturated carbocycles. The Labute approximate surface area is 124 Å². The largest absolute Gasteiger partial charge is 0.275 e. The average Bonchev–Trinajstić information content (AvgIpc) is 2.95. The molecule has 0 aliphatic rings. The lowest BCUT2D eigenvalue weighted by molar-refractivity contribution is 0.603. The summed E-state index contributed by atoms with van der Waals surface area (Å²) in [6.45, 7) is 1.74. The van der Waals surface area contributed by atoms with Crippen LogP contribution in [0.1, 0.15) is 5.82 Å². The van der Waals surface area contributed by atoms with E-state index in [4.69, 9.17) is 11.6 Å². The predicted octanol–water partition coefficient (Wildman–Crippen LogP) is 2.55. The Morgan fingerprint density at radius 3 is 2.85 bits per heavy atom. The summed E-state index contributed by atoms with van der Waals surface area (Å²) in [5.41, 5.74) is 0.828. The molecular weight excluding hydrogens is 320 g/mol.